The van der Waals surface area contributed by atoms with E-state index >= 15 is 0 Å². The van der Waals surface area contributed by atoms with Crippen LogP contribution in [-0.2, 0) is 29.2 Å². The third kappa shape index (κ3) is 9.14. The van der Waals surface area contributed by atoms with Crippen LogP contribution < -0.4 is 10.6 Å². The lowest BCUT2D eigenvalue weighted by atomic mass is 9.89. The second kappa shape index (κ2) is 17.6. The van der Waals surface area contributed by atoms with Crippen LogP contribution in [0.25, 0.3) is 11.1 Å². The molecule has 6 atom stereocenters. The maximum atomic E-state index is 12.6. The summed E-state index contributed by atoms with van der Waals surface area (Å²) in [5.41, 5.74) is 7.74. The molecule has 1 heterocycles. The maximum absolute atomic E-state index is 12.6. The van der Waals surface area contributed by atoms with Crippen molar-refractivity contribution in [2.24, 2.45) is 5.92 Å². The largest absolute Gasteiger partial charge is 0.392 e. The normalized spacial score (nSPS) is 19.9. The highest BCUT2D eigenvalue weighted by molar-refractivity contribution is 5.75. The van der Waals surface area contributed by atoms with Crippen LogP contribution >= 0.6 is 0 Å². The first-order valence-corrected chi connectivity index (χ1v) is 18.0. The fraction of sp³-hybridized carbons (Fsp3) is 0.295. The van der Waals surface area contributed by atoms with Crippen LogP contribution in [0.2, 0.25) is 0 Å². The number of aliphatic hydroxyl groups excluding tert-OH is 2. The van der Waals surface area contributed by atoms with Gasteiger partial charge in [-0.05, 0) is 52.9 Å². The van der Waals surface area contributed by atoms with Crippen LogP contribution in [0.15, 0.2) is 133 Å². The van der Waals surface area contributed by atoms with Gasteiger partial charge in [-0.2, -0.15) is 0 Å². The fourth-order valence-electron chi connectivity index (χ4n) is 6.74. The second-order valence-corrected chi connectivity index (χ2v) is 13.7. The molecule has 1 aliphatic rings. The van der Waals surface area contributed by atoms with E-state index in [9.17, 15) is 15.0 Å². The number of aliphatic hydroxyl groups is 2. The van der Waals surface area contributed by atoms with Crippen LogP contribution in [0.3, 0.4) is 0 Å². The first-order valence-electron chi connectivity index (χ1n) is 18.0. The number of carbonyl (C=O) groups excluding carboxylic acids is 1. The SMILES string of the molecule is CC1C(CN(C)C(C)C(O)c2ccccc2)OC(c2ccc(-c3ccccc3CNC(=O)NCc3ccccc3)cc2)OC1c1ccc(CO)cc1. The molecule has 0 aromatic heterocycles. The number of amides is 2. The minimum atomic E-state index is -0.645. The van der Waals surface area contributed by atoms with Crippen molar-refractivity contribution in [1.29, 1.82) is 0 Å². The van der Waals surface area contributed by atoms with Gasteiger partial charge >= 0.3 is 6.03 Å². The first kappa shape index (κ1) is 36.9. The molecule has 0 aliphatic carbocycles. The highest BCUT2D eigenvalue weighted by Gasteiger charge is 2.39. The summed E-state index contributed by atoms with van der Waals surface area (Å²) >= 11 is 0. The quantitative estimate of drug-likeness (QED) is 0.101. The van der Waals surface area contributed by atoms with Crippen molar-refractivity contribution in [2.45, 2.75) is 64.2 Å². The third-order valence-corrected chi connectivity index (χ3v) is 10.1. The van der Waals surface area contributed by atoms with Gasteiger partial charge < -0.3 is 30.3 Å². The van der Waals surface area contributed by atoms with Crippen LogP contribution in [0.5, 0.6) is 0 Å². The Morgan fingerprint density at radius 3 is 2.06 bits per heavy atom. The maximum Gasteiger partial charge on any atom is 0.315 e. The number of rotatable bonds is 13. The Bertz CT molecular complexity index is 1850. The zero-order valence-corrected chi connectivity index (χ0v) is 30.1. The van der Waals surface area contributed by atoms with E-state index in [0.717, 1.165) is 44.5 Å². The first-order chi connectivity index (χ1) is 25.3. The van der Waals surface area contributed by atoms with E-state index in [2.05, 4.69) is 40.7 Å². The fourth-order valence-corrected chi connectivity index (χ4v) is 6.74. The van der Waals surface area contributed by atoms with Crippen molar-refractivity contribution in [3.8, 4) is 11.1 Å². The van der Waals surface area contributed by atoms with Crippen LogP contribution in [0.4, 0.5) is 4.79 Å². The molecule has 5 aromatic carbocycles. The number of hydrogen-bond donors (Lipinski definition) is 4. The molecule has 8 heteroatoms. The van der Waals surface area contributed by atoms with Gasteiger partial charge in [-0.3, -0.25) is 4.90 Å². The number of likely N-dealkylation sites (N-methyl/N-ethyl adjacent to an activating group) is 1. The molecule has 52 heavy (non-hydrogen) atoms. The van der Waals surface area contributed by atoms with Gasteiger partial charge in [0.25, 0.3) is 0 Å². The predicted molar refractivity (Wildman–Crippen MR) is 204 cm³/mol. The van der Waals surface area contributed by atoms with E-state index in [1.54, 1.807) is 0 Å². The van der Waals surface area contributed by atoms with Crippen LogP contribution in [-0.4, -0.2) is 46.9 Å². The molecule has 270 valence electrons. The summed E-state index contributed by atoms with van der Waals surface area (Å²) in [4.78, 5) is 14.7. The Labute approximate surface area is 307 Å². The highest BCUT2D eigenvalue weighted by atomic mass is 16.7. The average Bonchev–Trinajstić information content (AvgIpc) is 3.20. The van der Waals surface area contributed by atoms with Crippen LogP contribution in [0, 0.1) is 5.92 Å². The summed E-state index contributed by atoms with van der Waals surface area (Å²) in [5.74, 6) is 0.00304. The summed E-state index contributed by atoms with van der Waals surface area (Å²) < 4.78 is 13.5. The number of carbonyl (C=O) groups is 1. The molecule has 0 radical (unpaired) electrons. The van der Waals surface area contributed by atoms with Gasteiger partial charge in [0.15, 0.2) is 6.29 Å². The van der Waals surface area contributed by atoms with E-state index in [-0.39, 0.29) is 36.8 Å². The Kier molecular flexibility index (Phi) is 12.5. The summed E-state index contributed by atoms with van der Waals surface area (Å²) in [6, 6.07) is 43.4. The van der Waals surface area contributed by atoms with E-state index in [1.807, 2.05) is 129 Å². The van der Waals surface area contributed by atoms with Crippen molar-refractivity contribution >= 4 is 6.03 Å². The molecule has 2 amide bonds. The topological polar surface area (TPSA) is 103 Å². The number of hydrogen-bond acceptors (Lipinski definition) is 6. The van der Waals surface area contributed by atoms with E-state index < -0.39 is 12.4 Å². The summed E-state index contributed by atoms with van der Waals surface area (Å²) in [6.07, 6.45) is -1.71. The molecule has 5 aromatic rings. The van der Waals surface area contributed by atoms with Crippen LogP contribution in [0.1, 0.15) is 65.7 Å². The van der Waals surface area contributed by atoms with Gasteiger partial charge in [-0.15, -0.1) is 0 Å². The molecule has 0 saturated carbocycles. The summed E-state index contributed by atoms with van der Waals surface area (Å²) in [7, 11) is 2.02. The van der Waals surface area contributed by atoms with Crippen molar-refractivity contribution in [3.05, 3.63) is 167 Å². The highest BCUT2D eigenvalue weighted by Crippen LogP contribution is 2.42. The van der Waals surface area contributed by atoms with E-state index in [1.165, 1.54) is 0 Å². The van der Waals surface area contributed by atoms with Gasteiger partial charge in [-0.25, -0.2) is 4.79 Å². The molecule has 6 unspecified atom stereocenters. The second-order valence-electron chi connectivity index (χ2n) is 13.7. The van der Waals surface area contributed by atoms with Crippen molar-refractivity contribution < 1.29 is 24.5 Å². The van der Waals surface area contributed by atoms with Gasteiger partial charge in [0.2, 0.25) is 0 Å². The van der Waals surface area contributed by atoms with Gasteiger partial charge in [0.1, 0.15) is 0 Å². The summed E-state index contributed by atoms with van der Waals surface area (Å²) in [5, 5.41) is 26.7. The Hall–Kier alpha value is -4.83. The predicted octanol–water partition coefficient (Wildman–Crippen LogP) is 7.69. The molecule has 8 nitrogen and oxygen atoms in total. The van der Waals surface area contributed by atoms with Gasteiger partial charge in [-0.1, -0.05) is 140 Å². The molecule has 1 saturated heterocycles. The lowest BCUT2D eigenvalue weighted by Gasteiger charge is -2.43. The van der Waals surface area contributed by atoms with Crippen molar-refractivity contribution in [3.63, 3.8) is 0 Å². The molecule has 6 rings (SSSR count). The Balaban J connectivity index is 1.17. The average molecular weight is 700 g/mol. The Morgan fingerprint density at radius 1 is 0.750 bits per heavy atom. The monoisotopic (exact) mass is 699 g/mol. The Morgan fingerprint density at radius 2 is 1.37 bits per heavy atom. The zero-order chi connectivity index (χ0) is 36.5. The smallest absolute Gasteiger partial charge is 0.315 e. The van der Waals surface area contributed by atoms with Gasteiger partial charge in [0, 0.05) is 37.2 Å². The standard InChI is InChI=1S/C44H49N3O5/c1-30-40(28-47(3)31(2)41(49)35-14-8-5-9-15-35)51-43(52-42(30)36-20-18-33(29-48)19-21-36)37-24-22-34(23-25-37)39-17-11-10-16-38(39)27-46-44(50)45-26-32-12-6-4-7-13-32/h4-25,30-31,40-43,48-49H,26-29H2,1-3H3,(H2,45,46,50). The molecule has 0 spiro atoms. The molecular formula is C44H49N3O5. The molecular weight excluding hydrogens is 651 g/mol. The van der Waals surface area contributed by atoms with Crippen molar-refractivity contribution in [2.75, 3.05) is 13.6 Å². The minimum absolute atomic E-state index is 0.00304. The van der Waals surface area contributed by atoms with E-state index in [0.29, 0.717) is 19.6 Å². The van der Waals surface area contributed by atoms with Crippen molar-refractivity contribution in [1.82, 2.24) is 15.5 Å². The molecule has 0 bridgehead atoms. The number of nitrogens with one attached hydrogen (secondary N) is 2. The van der Waals surface area contributed by atoms with E-state index in [4.69, 9.17) is 9.47 Å². The molecule has 4 N–H and O–H groups in total. The number of urea groups is 1. The lowest BCUT2D eigenvalue weighted by molar-refractivity contribution is -0.276. The number of nitrogens with zero attached hydrogens (tertiary/aromatic N) is 1. The summed E-state index contributed by atoms with van der Waals surface area (Å²) in [6.45, 7) is 5.60. The minimum Gasteiger partial charge on any atom is -0.392 e. The lowest BCUT2D eigenvalue weighted by Crippen LogP contribution is -2.46. The molecule has 1 aliphatic heterocycles. The number of benzene rings is 5. The molecule has 1 fully saturated rings. The zero-order valence-electron chi connectivity index (χ0n) is 30.1. The van der Waals surface area contributed by atoms with Gasteiger partial charge in [0.05, 0.1) is 24.9 Å². The third-order valence-electron chi connectivity index (χ3n) is 10.1. The number of ether oxygens (including phenoxy) is 2.